The van der Waals surface area contributed by atoms with Gasteiger partial charge in [0.15, 0.2) is 6.61 Å². The van der Waals surface area contributed by atoms with Crippen LogP contribution in [-0.4, -0.2) is 24.5 Å². The van der Waals surface area contributed by atoms with Gasteiger partial charge in [-0.25, -0.2) is 9.18 Å². The maximum Gasteiger partial charge on any atom is 0.341 e. The second kappa shape index (κ2) is 6.35. The molecule has 0 radical (unpaired) electrons. The van der Waals surface area contributed by atoms with Crippen LogP contribution in [0.15, 0.2) is 22.7 Å². The fourth-order valence-corrected chi connectivity index (χ4v) is 2.23. The van der Waals surface area contributed by atoms with E-state index in [0.29, 0.717) is 10.4 Å². The normalized spacial score (nSPS) is 15.6. The lowest BCUT2D eigenvalue weighted by Crippen LogP contribution is -2.37. The summed E-state index contributed by atoms with van der Waals surface area (Å²) in [5.74, 6) is -1.37. The van der Waals surface area contributed by atoms with Crippen molar-refractivity contribution < 1.29 is 18.7 Å². The Morgan fingerprint density at radius 3 is 2.85 bits per heavy atom. The highest BCUT2D eigenvalue weighted by molar-refractivity contribution is 9.10. The molecular formula is C14H15BrFNO3. The van der Waals surface area contributed by atoms with E-state index in [-0.39, 0.29) is 17.5 Å². The van der Waals surface area contributed by atoms with Gasteiger partial charge in [0.25, 0.3) is 5.91 Å². The number of ether oxygens (including phenoxy) is 1. The third-order valence-electron chi connectivity index (χ3n) is 3.20. The predicted octanol–water partition coefficient (Wildman–Crippen LogP) is 2.66. The fraction of sp³-hybridized carbons (Fsp3) is 0.429. The van der Waals surface area contributed by atoms with Gasteiger partial charge in [0.2, 0.25) is 0 Å². The zero-order valence-electron chi connectivity index (χ0n) is 11.0. The Kier molecular flexibility index (Phi) is 4.75. The van der Waals surface area contributed by atoms with E-state index in [1.807, 2.05) is 6.92 Å². The molecule has 108 valence electrons. The van der Waals surface area contributed by atoms with Crippen LogP contribution in [0.4, 0.5) is 4.39 Å². The molecule has 0 saturated heterocycles. The molecule has 20 heavy (non-hydrogen) atoms. The molecule has 0 bridgehead atoms. The summed E-state index contributed by atoms with van der Waals surface area (Å²) in [7, 11) is 0. The monoisotopic (exact) mass is 343 g/mol. The standard InChI is InChI=1S/C14H15BrFNO3/c1-8(9-2-3-9)17-13(18)7-20-14(19)11-6-10(15)4-5-12(11)16/h4-6,8-9H,2-3,7H2,1H3,(H,17,18)/t8-/m1/s1. The van der Waals surface area contributed by atoms with E-state index in [2.05, 4.69) is 21.2 Å². The molecule has 1 aliphatic rings. The Labute approximate surface area is 124 Å². The maximum absolute atomic E-state index is 13.4. The molecule has 1 aliphatic carbocycles. The van der Waals surface area contributed by atoms with Crippen molar-refractivity contribution >= 4 is 27.8 Å². The van der Waals surface area contributed by atoms with E-state index in [0.717, 1.165) is 18.9 Å². The van der Waals surface area contributed by atoms with Crippen molar-refractivity contribution in [3.8, 4) is 0 Å². The topological polar surface area (TPSA) is 55.4 Å². The van der Waals surface area contributed by atoms with Crippen LogP contribution < -0.4 is 5.32 Å². The van der Waals surface area contributed by atoms with Crippen molar-refractivity contribution in [2.24, 2.45) is 5.92 Å². The quantitative estimate of drug-likeness (QED) is 0.836. The van der Waals surface area contributed by atoms with Gasteiger partial charge in [0.05, 0.1) is 5.56 Å². The van der Waals surface area contributed by atoms with Crippen molar-refractivity contribution in [2.45, 2.75) is 25.8 Å². The molecule has 0 aromatic heterocycles. The van der Waals surface area contributed by atoms with Crippen molar-refractivity contribution in [3.05, 3.63) is 34.1 Å². The van der Waals surface area contributed by atoms with E-state index in [4.69, 9.17) is 4.74 Å². The van der Waals surface area contributed by atoms with Crippen molar-refractivity contribution in [1.29, 1.82) is 0 Å². The molecule has 1 N–H and O–H groups in total. The number of hydrogen-bond acceptors (Lipinski definition) is 3. The first kappa shape index (κ1) is 15.0. The van der Waals surface area contributed by atoms with E-state index in [1.54, 1.807) is 0 Å². The molecule has 0 aliphatic heterocycles. The van der Waals surface area contributed by atoms with Crippen LogP contribution in [0.3, 0.4) is 0 Å². The summed E-state index contributed by atoms with van der Waals surface area (Å²) in [6, 6.07) is 4.05. The Hall–Kier alpha value is -1.43. The van der Waals surface area contributed by atoms with Gasteiger partial charge in [-0.2, -0.15) is 0 Å². The predicted molar refractivity (Wildman–Crippen MR) is 74.7 cm³/mol. The third kappa shape index (κ3) is 4.03. The lowest BCUT2D eigenvalue weighted by atomic mass is 10.2. The third-order valence-corrected chi connectivity index (χ3v) is 3.69. The molecule has 1 atom stereocenters. The lowest BCUT2D eigenvalue weighted by molar-refractivity contribution is -0.125. The first-order chi connectivity index (χ1) is 9.47. The minimum atomic E-state index is -0.849. The number of halogens is 2. The van der Waals surface area contributed by atoms with Crippen LogP contribution in [0, 0.1) is 11.7 Å². The second-order valence-corrected chi connectivity index (χ2v) is 5.81. The van der Waals surface area contributed by atoms with Crippen molar-refractivity contribution in [1.82, 2.24) is 5.32 Å². The smallest absolute Gasteiger partial charge is 0.341 e. The summed E-state index contributed by atoms with van der Waals surface area (Å²) < 4.78 is 18.8. The van der Waals surface area contributed by atoms with Gasteiger partial charge in [-0.05, 0) is 43.9 Å². The van der Waals surface area contributed by atoms with Crippen LogP contribution in [-0.2, 0) is 9.53 Å². The lowest BCUT2D eigenvalue weighted by Gasteiger charge is -2.12. The SMILES string of the molecule is C[C@@H](NC(=O)COC(=O)c1cc(Br)ccc1F)C1CC1. The van der Waals surface area contributed by atoms with Crippen LogP contribution >= 0.6 is 15.9 Å². The van der Waals surface area contributed by atoms with Gasteiger partial charge in [0.1, 0.15) is 5.82 Å². The second-order valence-electron chi connectivity index (χ2n) is 4.89. The Morgan fingerprint density at radius 1 is 1.50 bits per heavy atom. The fourth-order valence-electron chi connectivity index (χ4n) is 1.87. The number of hydrogen-bond donors (Lipinski definition) is 1. The van der Waals surface area contributed by atoms with Gasteiger partial charge < -0.3 is 10.1 Å². The highest BCUT2D eigenvalue weighted by Gasteiger charge is 2.29. The Morgan fingerprint density at radius 2 is 2.20 bits per heavy atom. The number of rotatable bonds is 5. The molecule has 1 amide bonds. The van der Waals surface area contributed by atoms with Crippen LogP contribution in [0.2, 0.25) is 0 Å². The van der Waals surface area contributed by atoms with Crippen molar-refractivity contribution in [3.63, 3.8) is 0 Å². The Bertz CT molecular complexity index is 531. The number of carbonyl (C=O) groups excluding carboxylic acids is 2. The molecule has 0 unspecified atom stereocenters. The minimum Gasteiger partial charge on any atom is -0.452 e. The maximum atomic E-state index is 13.4. The van der Waals surface area contributed by atoms with Gasteiger partial charge in [0, 0.05) is 10.5 Å². The van der Waals surface area contributed by atoms with Crippen LogP contribution in [0.5, 0.6) is 0 Å². The number of benzene rings is 1. The summed E-state index contributed by atoms with van der Waals surface area (Å²) >= 11 is 3.15. The van der Waals surface area contributed by atoms with Gasteiger partial charge >= 0.3 is 5.97 Å². The number of nitrogens with one attached hydrogen (secondary N) is 1. The minimum absolute atomic E-state index is 0.0869. The zero-order valence-corrected chi connectivity index (χ0v) is 12.6. The Balaban J connectivity index is 1.85. The highest BCUT2D eigenvalue weighted by atomic mass is 79.9. The zero-order chi connectivity index (χ0) is 14.7. The summed E-state index contributed by atoms with van der Waals surface area (Å²) in [6.45, 7) is 1.52. The number of esters is 1. The van der Waals surface area contributed by atoms with E-state index in [9.17, 15) is 14.0 Å². The summed E-state index contributed by atoms with van der Waals surface area (Å²) in [5, 5.41) is 2.76. The van der Waals surface area contributed by atoms with Crippen molar-refractivity contribution in [2.75, 3.05) is 6.61 Å². The highest BCUT2D eigenvalue weighted by Crippen LogP contribution is 2.32. The number of carbonyl (C=O) groups is 2. The molecule has 1 fully saturated rings. The first-order valence-corrected chi connectivity index (χ1v) is 7.18. The van der Waals surface area contributed by atoms with E-state index in [1.165, 1.54) is 12.1 Å². The molecule has 0 heterocycles. The summed E-state index contributed by atoms with van der Waals surface area (Å²) in [6.07, 6.45) is 2.23. The van der Waals surface area contributed by atoms with Crippen LogP contribution in [0.25, 0.3) is 0 Å². The summed E-state index contributed by atoms with van der Waals surface area (Å²) in [4.78, 5) is 23.3. The number of amides is 1. The summed E-state index contributed by atoms with van der Waals surface area (Å²) in [5.41, 5.74) is -0.192. The first-order valence-electron chi connectivity index (χ1n) is 6.39. The molecule has 2 rings (SSSR count). The largest absolute Gasteiger partial charge is 0.452 e. The molecular weight excluding hydrogens is 329 g/mol. The molecule has 1 saturated carbocycles. The molecule has 1 aromatic rings. The molecule has 0 spiro atoms. The van der Waals surface area contributed by atoms with Crippen LogP contribution in [0.1, 0.15) is 30.1 Å². The molecule has 6 heteroatoms. The van der Waals surface area contributed by atoms with E-state index >= 15 is 0 Å². The van der Waals surface area contributed by atoms with Gasteiger partial charge in [-0.3, -0.25) is 4.79 Å². The molecule has 4 nitrogen and oxygen atoms in total. The molecule has 1 aromatic carbocycles. The average Bonchev–Trinajstić information content (AvgIpc) is 3.23. The van der Waals surface area contributed by atoms with E-state index < -0.39 is 18.4 Å². The van der Waals surface area contributed by atoms with Gasteiger partial charge in [-0.1, -0.05) is 15.9 Å². The average molecular weight is 344 g/mol. The van der Waals surface area contributed by atoms with Gasteiger partial charge in [-0.15, -0.1) is 0 Å².